The van der Waals surface area contributed by atoms with E-state index in [4.69, 9.17) is 9.47 Å². The SMILES string of the molecule is Cc1ccc(S(=O)(=O)c2c(/C=C/C(=O)O)cnc3[nH]cc(-c4ccc(OC5CCOCC5)c(C#N)c4)c23)cc1. The van der Waals surface area contributed by atoms with Crippen molar-refractivity contribution in [2.45, 2.75) is 35.7 Å². The highest BCUT2D eigenvalue weighted by Gasteiger charge is 2.27. The van der Waals surface area contributed by atoms with Crippen molar-refractivity contribution < 1.29 is 27.8 Å². The van der Waals surface area contributed by atoms with E-state index in [1.807, 2.05) is 6.92 Å². The number of rotatable bonds is 7. The Balaban J connectivity index is 1.69. The summed E-state index contributed by atoms with van der Waals surface area (Å²) < 4.78 is 39.4. The van der Waals surface area contributed by atoms with Crippen molar-refractivity contribution in [3.8, 4) is 22.9 Å². The van der Waals surface area contributed by atoms with Crippen molar-refractivity contribution in [1.29, 1.82) is 5.26 Å². The normalized spacial score (nSPS) is 14.5. The van der Waals surface area contributed by atoms with E-state index >= 15 is 0 Å². The second kappa shape index (κ2) is 10.7. The molecule has 1 aliphatic heterocycles. The summed E-state index contributed by atoms with van der Waals surface area (Å²) in [6, 6.07) is 13.7. The van der Waals surface area contributed by atoms with Gasteiger partial charge in [-0.2, -0.15) is 5.26 Å². The molecule has 9 nitrogen and oxygen atoms in total. The number of pyridine rings is 1. The van der Waals surface area contributed by atoms with Crippen LogP contribution in [0.15, 0.2) is 70.7 Å². The zero-order valence-corrected chi connectivity index (χ0v) is 21.9. The number of hydrogen-bond acceptors (Lipinski definition) is 7. The molecule has 1 aliphatic rings. The molecule has 1 fully saturated rings. The summed E-state index contributed by atoms with van der Waals surface area (Å²) in [6.45, 7) is 3.06. The van der Waals surface area contributed by atoms with Gasteiger partial charge in [-0.05, 0) is 42.8 Å². The number of benzene rings is 2. The average Bonchev–Trinajstić information content (AvgIpc) is 3.36. The monoisotopic (exact) mass is 543 g/mol. The van der Waals surface area contributed by atoms with Gasteiger partial charge in [0.05, 0.1) is 28.6 Å². The molecule has 0 aliphatic carbocycles. The molecular formula is C29H25N3O6S. The first-order chi connectivity index (χ1) is 18.8. The summed E-state index contributed by atoms with van der Waals surface area (Å²) in [4.78, 5) is 18.6. The van der Waals surface area contributed by atoms with Crippen LogP contribution in [0, 0.1) is 18.3 Å². The fourth-order valence-electron chi connectivity index (χ4n) is 4.57. The fourth-order valence-corrected chi connectivity index (χ4v) is 6.21. The van der Waals surface area contributed by atoms with Gasteiger partial charge in [-0.1, -0.05) is 23.8 Å². The number of nitrogens with one attached hydrogen (secondary N) is 1. The summed E-state index contributed by atoms with van der Waals surface area (Å²) in [7, 11) is -4.11. The minimum atomic E-state index is -4.11. The number of nitriles is 1. The van der Waals surface area contributed by atoms with Gasteiger partial charge in [0, 0.05) is 47.8 Å². The molecule has 1 saturated heterocycles. The molecule has 10 heteroatoms. The number of carboxylic acids is 1. The predicted octanol–water partition coefficient (Wildman–Crippen LogP) is 4.90. The number of ether oxygens (including phenoxy) is 2. The largest absolute Gasteiger partial charge is 0.489 e. The van der Waals surface area contributed by atoms with Gasteiger partial charge in [-0.25, -0.2) is 18.2 Å². The number of aromatic amines is 1. The topological polar surface area (TPSA) is 142 Å². The second-order valence-electron chi connectivity index (χ2n) is 9.21. The molecule has 3 heterocycles. The Morgan fingerprint density at radius 1 is 1.21 bits per heavy atom. The maximum atomic E-state index is 14.0. The maximum absolute atomic E-state index is 14.0. The van der Waals surface area contributed by atoms with Gasteiger partial charge in [-0.3, -0.25) is 0 Å². The summed E-state index contributed by atoms with van der Waals surface area (Å²) >= 11 is 0. The molecule has 2 N–H and O–H groups in total. The molecule has 0 amide bonds. The van der Waals surface area contributed by atoms with Crippen molar-refractivity contribution in [1.82, 2.24) is 9.97 Å². The molecule has 4 aromatic rings. The Hall–Kier alpha value is -4.46. The number of sulfone groups is 1. The number of aromatic nitrogens is 2. The van der Waals surface area contributed by atoms with Crippen molar-refractivity contribution in [2.24, 2.45) is 0 Å². The standard InChI is InChI=1S/C29H25N3O6S/c1-18-2-6-23(7-3-18)39(35,36)28-20(5-9-26(33)34)16-31-29-27(28)24(17-32-29)19-4-8-25(21(14-19)15-30)38-22-10-12-37-13-11-22/h2-9,14,16-17,22H,10-13H2,1H3,(H,31,32)(H,33,34)/b9-5+. The Morgan fingerprint density at radius 3 is 2.64 bits per heavy atom. The van der Waals surface area contributed by atoms with Crippen LogP contribution in [-0.4, -0.2) is 48.8 Å². The van der Waals surface area contributed by atoms with Crippen molar-refractivity contribution in [2.75, 3.05) is 13.2 Å². The van der Waals surface area contributed by atoms with Crippen LogP contribution in [0.1, 0.15) is 29.5 Å². The van der Waals surface area contributed by atoms with Gasteiger partial charge >= 0.3 is 5.97 Å². The van der Waals surface area contributed by atoms with E-state index in [1.165, 1.54) is 24.4 Å². The predicted molar refractivity (Wildman–Crippen MR) is 144 cm³/mol. The molecule has 0 atom stereocenters. The van der Waals surface area contributed by atoms with E-state index in [0.29, 0.717) is 46.7 Å². The number of nitrogens with zero attached hydrogens (tertiary/aromatic N) is 2. The zero-order valence-electron chi connectivity index (χ0n) is 21.0. The number of carboxylic acid groups (broad SMARTS) is 1. The second-order valence-corrected chi connectivity index (χ2v) is 11.1. The van der Waals surface area contributed by atoms with Crippen LogP contribution in [0.3, 0.4) is 0 Å². The van der Waals surface area contributed by atoms with E-state index < -0.39 is 15.8 Å². The van der Waals surface area contributed by atoms with Crippen LogP contribution >= 0.6 is 0 Å². The van der Waals surface area contributed by atoms with Crippen LogP contribution < -0.4 is 4.74 Å². The first-order valence-electron chi connectivity index (χ1n) is 12.3. The quantitative estimate of drug-likeness (QED) is 0.314. The van der Waals surface area contributed by atoms with Crippen molar-refractivity contribution in [3.05, 3.63) is 77.6 Å². The first kappa shape index (κ1) is 26.2. The third-order valence-corrected chi connectivity index (χ3v) is 8.43. The number of aryl methyl sites for hydroxylation is 1. The molecule has 0 radical (unpaired) electrons. The Labute approximate surface area is 225 Å². The van der Waals surface area contributed by atoms with Gasteiger partial charge in [0.1, 0.15) is 23.6 Å². The number of hydrogen-bond donors (Lipinski definition) is 2. The molecule has 198 valence electrons. The molecule has 2 aromatic carbocycles. The Morgan fingerprint density at radius 2 is 1.95 bits per heavy atom. The lowest BCUT2D eigenvalue weighted by Gasteiger charge is -2.23. The molecule has 39 heavy (non-hydrogen) atoms. The van der Waals surface area contributed by atoms with Crippen LogP contribution in [-0.2, 0) is 19.4 Å². The minimum Gasteiger partial charge on any atom is -0.489 e. The summed E-state index contributed by atoms with van der Waals surface area (Å²) in [6.07, 6.45) is 6.46. The lowest BCUT2D eigenvalue weighted by molar-refractivity contribution is -0.131. The van der Waals surface area contributed by atoms with Gasteiger partial charge < -0.3 is 19.6 Å². The average molecular weight is 544 g/mol. The molecule has 2 aromatic heterocycles. The highest BCUT2D eigenvalue weighted by Crippen LogP contribution is 2.39. The van der Waals surface area contributed by atoms with E-state index in [1.54, 1.807) is 36.5 Å². The fraction of sp³-hybridized carbons (Fsp3) is 0.207. The van der Waals surface area contributed by atoms with Crippen molar-refractivity contribution >= 4 is 32.9 Å². The number of H-pyrrole nitrogens is 1. The molecule has 5 rings (SSSR count). The molecular weight excluding hydrogens is 518 g/mol. The number of fused-ring (bicyclic) bond motifs is 1. The van der Waals surface area contributed by atoms with E-state index in [-0.39, 0.29) is 21.5 Å². The smallest absolute Gasteiger partial charge is 0.328 e. The highest BCUT2D eigenvalue weighted by molar-refractivity contribution is 7.91. The molecule has 0 saturated carbocycles. The van der Waals surface area contributed by atoms with Crippen molar-refractivity contribution in [3.63, 3.8) is 0 Å². The van der Waals surface area contributed by atoms with Gasteiger partial charge in [0.25, 0.3) is 0 Å². The van der Waals surface area contributed by atoms with Crippen LogP contribution in [0.4, 0.5) is 0 Å². The number of carbonyl (C=O) groups is 1. The van der Waals surface area contributed by atoms with Gasteiger partial charge in [0.2, 0.25) is 9.84 Å². The van der Waals surface area contributed by atoms with Gasteiger partial charge in [-0.15, -0.1) is 0 Å². The van der Waals surface area contributed by atoms with Gasteiger partial charge in [0.15, 0.2) is 0 Å². The molecule has 0 bridgehead atoms. The zero-order chi connectivity index (χ0) is 27.6. The third kappa shape index (κ3) is 5.27. The molecule has 0 spiro atoms. The maximum Gasteiger partial charge on any atom is 0.328 e. The Bertz CT molecular complexity index is 1730. The minimum absolute atomic E-state index is 0.0520. The van der Waals surface area contributed by atoms with Crippen LogP contribution in [0.5, 0.6) is 5.75 Å². The molecule has 0 unspecified atom stereocenters. The number of aliphatic carboxylic acids is 1. The first-order valence-corrected chi connectivity index (χ1v) is 13.8. The highest BCUT2D eigenvalue weighted by atomic mass is 32.2. The lowest BCUT2D eigenvalue weighted by atomic mass is 10.0. The van der Waals surface area contributed by atoms with Crippen LogP contribution in [0.25, 0.3) is 28.2 Å². The summed E-state index contributed by atoms with van der Waals surface area (Å²) in [5, 5.41) is 19.4. The van der Waals surface area contributed by atoms with Crippen LogP contribution in [0.2, 0.25) is 0 Å². The summed E-state index contributed by atoms with van der Waals surface area (Å²) in [5.74, 6) is -0.773. The lowest BCUT2D eigenvalue weighted by Crippen LogP contribution is -2.26. The third-order valence-electron chi connectivity index (χ3n) is 6.56. The van der Waals surface area contributed by atoms with E-state index in [2.05, 4.69) is 16.0 Å². The van der Waals surface area contributed by atoms with E-state index in [9.17, 15) is 23.6 Å². The summed E-state index contributed by atoms with van der Waals surface area (Å²) in [5.41, 5.74) is 2.73. The Kier molecular flexibility index (Phi) is 7.19. The van der Waals surface area contributed by atoms with E-state index in [0.717, 1.165) is 24.5 Å².